The molecule has 0 saturated carbocycles. The van der Waals surface area contributed by atoms with Crippen LogP contribution in [0, 0.1) is 12.8 Å². The number of aryl methyl sites for hydroxylation is 1. The molecule has 6 heteroatoms. The van der Waals surface area contributed by atoms with E-state index >= 15 is 0 Å². The zero-order valence-corrected chi connectivity index (χ0v) is 11.5. The summed E-state index contributed by atoms with van der Waals surface area (Å²) < 4.78 is 4.81. The Labute approximate surface area is 111 Å². The van der Waals surface area contributed by atoms with Crippen LogP contribution in [-0.4, -0.2) is 29.3 Å². The summed E-state index contributed by atoms with van der Waals surface area (Å²) in [6, 6.07) is 0. The van der Waals surface area contributed by atoms with Crippen LogP contribution in [0.1, 0.15) is 31.0 Å². The van der Waals surface area contributed by atoms with Gasteiger partial charge in [-0.05, 0) is 37.3 Å². The third-order valence-corrected chi connectivity index (χ3v) is 3.11. The molecule has 1 heterocycles. The molecule has 0 aliphatic carbocycles. The maximum Gasteiger partial charge on any atom is 0.229 e. The van der Waals surface area contributed by atoms with E-state index in [9.17, 15) is 4.79 Å². The van der Waals surface area contributed by atoms with E-state index in [1.807, 2.05) is 6.92 Å². The van der Waals surface area contributed by atoms with Gasteiger partial charge < -0.3 is 14.9 Å². The molecule has 0 aliphatic rings. The zero-order valence-electron chi connectivity index (χ0n) is 10.7. The fourth-order valence-corrected chi connectivity index (χ4v) is 1.84. The monoisotopic (exact) mass is 274 g/mol. The minimum Gasteiger partial charge on any atom is -0.396 e. The first-order valence-corrected chi connectivity index (χ1v) is 6.40. The van der Waals surface area contributed by atoms with Gasteiger partial charge in [-0.25, -0.2) is 0 Å². The molecule has 18 heavy (non-hydrogen) atoms. The third kappa shape index (κ3) is 4.66. The van der Waals surface area contributed by atoms with Crippen molar-refractivity contribution in [3.05, 3.63) is 16.5 Å². The average molecular weight is 275 g/mol. The van der Waals surface area contributed by atoms with Crippen molar-refractivity contribution in [3.63, 3.8) is 0 Å². The van der Waals surface area contributed by atoms with Gasteiger partial charge in [0.25, 0.3) is 0 Å². The third-order valence-electron chi connectivity index (χ3n) is 2.81. The van der Waals surface area contributed by atoms with Crippen LogP contribution >= 0.6 is 11.6 Å². The SMILES string of the molecule is Cc1noc(Cl)c1CCC(=O)NCC(C)CCO. The molecule has 0 saturated heterocycles. The fraction of sp³-hybridized carbons (Fsp3) is 0.667. The first-order chi connectivity index (χ1) is 8.54. The van der Waals surface area contributed by atoms with Crippen molar-refractivity contribution >= 4 is 17.5 Å². The number of carbonyl (C=O) groups excluding carboxylic acids is 1. The van der Waals surface area contributed by atoms with Crippen LogP contribution in [0.2, 0.25) is 5.22 Å². The van der Waals surface area contributed by atoms with Gasteiger partial charge in [0, 0.05) is 25.1 Å². The largest absolute Gasteiger partial charge is 0.396 e. The van der Waals surface area contributed by atoms with Crippen LogP contribution in [0.25, 0.3) is 0 Å². The van der Waals surface area contributed by atoms with Gasteiger partial charge in [-0.2, -0.15) is 0 Å². The number of carbonyl (C=O) groups is 1. The number of hydrogen-bond acceptors (Lipinski definition) is 4. The van der Waals surface area contributed by atoms with Gasteiger partial charge in [0.05, 0.1) is 5.69 Å². The summed E-state index contributed by atoms with van der Waals surface area (Å²) in [6.07, 6.45) is 1.57. The molecule has 1 atom stereocenters. The number of aliphatic hydroxyl groups is 1. The lowest BCUT2D eigenvalue weighted by Gasteiger charge is -2.10. The molecule has 2 N–H and O–H groups in total. The summed E-state index contributed by atoms with van der Waals surface area (Å²) in [5.74, 6) is 0.247. The smallest absolute Gasteiger partial charge is 0.229 e. The number of nitrogens with zero attached hydrogens (tertiary/aromatic N) is 1. The molecule has 1 aromatic rings. The molecule has 1 unspecified atom stereocenters. The number of halogens is 1. The molecular formula is C12H19ClN2O3. The summed E-state index contributed by atoms with van der Waals surface area (Å²) in [4.78, 5) is 11.6. The van der Waals surface area contributed by atoms with Crippen LogP contribution in [0.5, 0.6) is 0 Å². The number of amides is 1. The Kier molecular flexibility index (Phi) is 6.15. The Morgan fingerprint density at radius 1 is 1.61 bits per heavy atom. The van der Waals surface area contributed by atoms with Crippen molar-refractivity contribution in [2.75, 3.05) is 13.2 Å². The van der Waals surface area contributed by atoms with Crippen LogP contribution in [0.4, 0.5) is 0 Å². The fourth-order valence-electron chi connectivity index (χ4n) is 1.58. The van der Waals surface area contributed by atoms with Crippen molar-refractivity contribution < 1.29 is 14.4 Å². The van der Waals surface area contributed by atoms with E-state index in [4.69, 9.17) is 21.2 Å². The normalized spacial score (nSPS) is 12.4. The van der Waals surface area contributed by atoms with Crippen molar-refractivity contribution in [2.45, 2.75) is 33.1 Å². The molecule has 1 aromatic heterocycles. The molecule has 0 fully saturated rings. The summed E-state index contributed by atoms with van der Waals surface area (Å²) in [6.45, 7) is 4.51. The van der Waals surface area contributed by atoms with Crippen molar-refractivity contribution in [3.8, 4) is 0 Å². The van der Waals surface area contributed by atoms with E-state index in [2.05, 4.69) is 10.5 Å². The van der Waals surface area contributed by atoms with E-state index in [0.29, 0.717) is 25.8 Å². The Balaban J connectivity index is 2.29. The average Bonchev–Trinajstić information content (AvgIpc) is 2.64. The Morgan fingerprint density at radius 3 is 2.89 bits per heavy atom. The predicted octanol–water partition coefficient (Wildman–Crippen LogP) is 1.70. The minimum absolute atomic E-state index is 0.0311. The maximum absolute atomic E-state index is 11.6. The number of nitrogens with one attached hydrogen (secondary N) is 1. The van der Waals surface area contributed by atoms with Crippen LogP contribution in [0.15, 0.2) is 4.52 Å². The second kappa shape index (κ2) is 7.38. The van der Waals surface area contributed by atoms with Gasteiger partial charge >= 0.3 is 0 Å². The van der Waals surface area contributed by atoms with E-state index in [1.165, 1.54) is 0 Å². The standard InChI is InChI=1S/C12H19ClN2O3/c1-8(5-6-16)7-14-11(17)4-3-10-9(2)15-18-12(10)13/h8,16H,3-7H2,1-2H3,(H,14,17). The van der Waals surface area contributed by atoms with E-state index < -0.39 is 0 Å². The number of hydrogen-bond donors (Lipinski definition) is 2. The molecule has 102 valence electrons. The highest BCUT2D eigenvalue weighted by Crippen LogP contribution is 2.20. The van der Waals surface area contributed by atoms with Crippen LogP contribution in [-0.2, 0) is 11.2 Å². The van der Waals surface area contributed by atoms with E-state index in [1.54, 1.807) is 6.92 Å². The Hall–Kier alpha value is -1.07. The number of rotatable bonds is 7. The van der Waals surface area contributed by atoms with Crippen LogP contribution in [0.3, 0.4) is 0 Å². The van der Waals surface area contributed by atoms with Crippen molar-refractivity contribution in [1.82, 2.24) is 10.5 Å². The lowest BCUT2D eigenvalue weighted by atomic mass is 10.1. The molecule has 0 bridgehead atoms. The highest BCUT2D eigenvalue weighted by molar-refractivity contribution is 6.29. The van der Waals surface area contributed by atoms with Crippen molar-refractivity contribution in [2.24, 2.45) is 5.92 Å². The molecule has 1 amide bonds. The highest BCUT2D eigenvalue weighted by atomic mass is 35.5. The molecule has 1 rings (SSSR count). The quantitative estimate of drug-likeness (QED) is 0.794. The van der Waals surface area contributed by atoms with Gasteiger partial charge in [-0.3, -0.25) is 4.79 Å². The lowest BCUT2D eigenvalue weighted by molar-refractivity contribution is -0.121. The highest BCUT2D eigenvalue weighted by Gasteiger charge is 2.12. The molecule has 5 nitrogen and oxygen atoms in total. The second-order valence-corrected chi connectivity index (χ2v) is 4.79. The second-order valence-electron chi connectivity index (χ2n) is 4.44. The van der Waals surface area contributed by atoms with E-state index in [-0.39, 0.29) is 23.7 Å². The van der Waals surface area contributed by atoms with Gasteiger partial charge in [-0.15, -0.1) is 0 Å². The summed E-state index contributed by atoms with van der Waals surface area (Å²) in [5.41, 5.74) is 1.51. The lowest BCUT2D eigenvalue weighted by Crippen LogP contribution is -2.28. The van der Waals surface area contributed by atoms with Gasteiger partial charge in [-0.1, -0.05) is 12.1 Å². The summed E-state index contributed by atoms with van der Waals surface area (Å²) in [7, 11) is 0. The topological polar surface area (TPSA) is 75.4 Å². The molecule has 0 radical (unpaired) electrons. The van der Waals surface area contributed by atoms with Gasteiger partial charge in [0.1, 0.15) is 0 Å². The first-order valence-electron chi connectivity index (χ1n) is 6.02. The Bertz CT molecular complexity index is 373. The molecular weight excluding hydrogens is 256 g/mol. The molecule has 0 aromatic carbocycles. The van der Waals surface area contributed by atoms with Gasteiger partial charge in [0.15, 0.2) is 0 Å². The van der Waals surface area contributed by atoms with Crippen molar-refractivity contribution in [1.29, 1.82) is 0 Å². The minimum atomic E-state index is -0.0311. The predicted molar refractivity (Wildman–Crippen MR) is 68.4 cm³/mol. The first kappa shape index (κ1) is 15.0. The van der Waals surface area contributed by atoms with Gasteiger partial charge in [0.2, 0.25) is 11.1 Å². The summed E-state index contributed by atoms with van der Waals surface area (Å²) >= 11 is 5.81. The zero-order chi connectivity index (χ0) is 13.5. The maximum atomic E-state index is 11.6. The molecule has 0 aliphatic heterocycles. The summed E-state index contributed by atoms with van der Waals surface area (Å²) in [5, 5.41) is 15.6. The molecule has 0 spiro atoms. The van der Waals surface area contributed by atoms with E-state index in [0.717, 1.165) is 11.3 Å². The Morgan fingerprint density at radius 2 is 2.33 bits per heavy atom. The number of aromatic nitrogens is 1. The van der Waals surface area contributed by atoms with Crippen LogP contribution < -0.4 is 5.32 Å². The number of aliphatic hydroxyl groups excluding tert-OH is 1.